The van der Waals surface area contributed by atoms with Gasteiger partial charge in [-0.05, 0) is 24.5 Å². The van der Waals surface area contributed by atoms with Gasteiger partial charge in [-0.3, -0.25) is 0 Å². The van der Waals surface area contributed by atoms with Crippen LogP contribution in [0.15, 0.2) is 36.4 Å². The third kappa shape index (κ3) is 2.82. The second-order valence-corrected chi connectivity index (χ2v) is 6.12. The highest BCUT2D eigenvalue weighted by molar-refractivity contribution is 7.12. The van der Waals surface area contributed by atoms with Gasteiger partial charge in [0.15, 0.2) is 0 Å². The van der Waals surface area contributed by atoms with Crippen molar-refractivity contribution < 1.29 is 9.53 Å². The summed E-state index contributed by atoms with van der Waals surface area (Å²) >= 11 is 1.83. The predicted molar refractivity (Wildman–Crippen MR) is 77.8 cm³/mol. The second kappa shape index (κ2) is 5.63. The Balaban J connectivity index is 1.76. The van der Waals surface area contributed by atoms with E-state index in [4.69, 9.17) is 4.74 Å². The van der Waals surface area contributed by atoms with E-state index in [1.54, 1.807) is 12.3 Å². The summed E-state index contributed by atoms with van der Waals surface area (Å²) in [6.07, 6.45) is 10.1. The molecule has 0 saturated heterocycles. The van der Waals surface area contributed by atoms with E-state index in [1.165, 1.54) is 28.0 Å². The van der Waals surface area contributed by atoms with Crippen LogP contribution in [0.1, 0.15) is 21.7 Å². The van der Waals surface area contributed by atoms with Crippen LogP contribution in [0.25, 0.3) is 0 Å². The molecule has 3 rings (SSSR count). The van der Waals surface area contributed by atoms with Gasteiger partial charge in [0.05, 0.1) is 20.0 Å². The third-order valence-corrected chi connectivity index (χ3v) is 4.63. The number of imidazole rings is 1. The molecule has 2 heterocycles. The maximum atomic E-state index is 11.3. The van der Waals surface area contributed by atoms with Crippen LogP contribution in [0.2, 0.25) is 0 Å². The van der Waals surface area contributed by atoms with Gasteiger partial charge in [-0.15, -0.1) is 11.3 Å². The Morgan fingerprint density at radius 3 is 3.20 bits per heavy atom. The van der Waals surface area contributed by atoms with Crippen molar-refractivity contribution >= 4 is 17.3 Å². The van der Waals surface area contributed by atoms with Gasteiger partial charge >= 0.3 is 5.97 Å². The Hall–Kier alpha value is -1.88. The van der Waals surface area contributed by atoms with Gasteiger partial charge in [0, 0.05) is 34.6 Å². The molecule has 4 nitrogen and oxygen atoms in total. The van der Waals surface area contributed by atoms with E-state index in [2.05, 4.69) is 15.6 Å². The zero-order chi connectivity index (χ0) is 13.9. The molecular formula is C15H16N2O2S. The van der Waals surface area contributed by atoms with Crippen LogP contribution in [-0.2, 0) is 28.9 Å². The number of esters is 1. The van der Waals surface area contributed by atoms with Crippen molar-refractivity contribution in [3.05, 3.63) is 51.8 Å². The lowest BCUT2D eigenvalue weighted by Gasteiger charge is -2.13. The van der Waals surface area contributed by atoms with Gasteiger partial charge in [0.2, 0.25) is 0 Å². The highest BCUT2D eigenvalue weighted by Crippen LogP contribution is 2.32. The fraction of sp³-hybridized carbons (Fsp3) is 0.333. The molecule has 0 saturated carbocycles. The van der Waals surface area contributed by atoms with E-state index >= 15 is 0 Å². The maximum Gasteiger partial charge on any atom is 0.330 e. The molecule has 1 aliphatic rings. The number of methoxy groups -OCH3 is 1. The van der Waals surface area contributed by atoms with Crippen molar-refractivity contribution in [1.82, 2.24) is 9.55 Å². The highest BCUT2D eigenvalue weighted by Gasteiger charge is 2.17. The lowest BCUT2D eigenvalue weighted by molar-refractivity contribution is -0.134. The van der Waals surface area contributed by atoms with Crippen LogP contribution in [-0.4, -0.2) is 22.6 Å². The summed E-state index contributed by atoms with van der Waals surface area (Å²) in [4.78, 5) is 18.1. The number of hydrogen-bond acceptors (Lipinski definition) is 4. The summed E-state index contributed by atoms with van der Waals surface area (Å²) in [6.45, 7) is 0.869. The van der Waals surface area contributed by atoms with E-state index in [-0.39, 0.29) is 5.97 Å². The third-order valence-electron chi connectivity index (χ3n) is 3.47. The lowest BCUT2D eigenvalue weighted by Crippen LogP contribution is -2.05. The molecule has 0 radical (unpaired) electrons. The number of hydrogen-bond donors (Lipinski definition) is 0. The molecule has 0 aliphatic heterocycles. The van der Waals surface area contributed by atoms with E-state index in [1.807, 2.05) is 23.9 Å². The minimum absolute atomic E-state index is 0.251. The van der Waals surface area contributed by atoms with E-state index in [9.17, 15) is 4.79 Å². The molecule has 0 unspecified atom stereocenters. The normalized spacial score (nSPS) is 16.1. The number of rotatable bonds is 3. The van der Waals surface area contributed by atoms with Crippen molar-refractivity contribution in [3.8, 4) is 0 Å². The van der Waals surface area contributed by atoms with Crippen molar-refractivity contribution in [1.29, 1.82) is 0 Å². The zero-order valence-corrected chi connectivity index (χ0v) is 12.2. The Labute approximate surface area is 121 Å². The average molecular weight is 288 g/mol. The topological polar surface area (TPSA) is 44.1 Å². The summed E-state index contributed by atoms with van der Waals surface area (Å²) in [7, 11) is 1.42. The molecular weight excluding hydrogens is 272 g/mol. The fourth-order valence-corrected chi connectivity index (χ4v) is 3.75. The number of fused-ring (bicyclic) bond motifs is 1. The first-order valence-electron chi connectivity index (χ1n) is 6.58. The first kappa shape index (κ1) is 13.1. The minimum atomic E-state index is -0.251. The lowest BCUT2D eigenvalue weighted by atomic mass is 9.94. The molecule has 0 atom stereocenters. The molecule has 20 heavy (non-hydrogen) atoms. The number of allylic oxidation sites excluding steroid dienone is 1. The Kier molecular flexibility index (Phi) is 3.69. The first-order valence-corrected chi connectivity index (χ1v) is 7.40. The summed E-state index contributed by atoms with van der Waals surface area (Å²) < 4.78 is 6.77. The van der Waals surface area contributed by atoms with Crippen molar-refractivity contribution in [2.45, 2.75) is 25.8 Å². The molecule has 0 aromatic carbocycles. The van der Waals surface area contributed by atoms with Crippen LogP contribution >= 0.6 is 11.3 Å². The summed E-state index contributed by atoms with van der Waals surface area (Å²) in [5, 5.41) is 0. The Bertz CT molecular complexity index is 641. The number of carbonyl (C=O) groups is 1. The van der Waals surface area contributed by atoms with Crippen LogP contribution in [0.5, 0.6) is 0 Å². The van der Waals surface area contributed by atoms with Gasteiger partial charge in [0.1, 0.15) is 0 Å². The van der Waals surface area contributed by atoms with Gasteiger partial charge in [-0.1, -0.05) is 5.57 Å². The monoisotopic (exact) mass is 288 g/mol. The van der Waals surface area contributed by atoms with E-state index in [0.29, 0.717) is 0 Å². The van der Waals surface area contributed by atoms with Crippen LogP contribution in [0.3, 0.4) is 0 Å². The molecule has 0 bridgehead atoms. The molecule has 0 fully saturated rings. The number of ether oxygens (including phenoxy) is 1. The van der Waals surface area contributed by atoms with Gasteiger partial charge in [0.25, 0.3) is 0 Å². The fourth-order valence-electron chi connectivity index (χ4n) is 2.47. The van der Waals surface area contributed by atoms with Gasteiger partial charge in [-0.25, -0.2) is 9.78 Å². The van der Waals surface area contributed by atoms with Crippen LogP contribution < -0.4 is 0 Å². The zero-order valence-electron chi connectivity index (χ0n) is 11.3. The van der Waals surface area contributed by atoms with E-state index < -0.39 is 0 Å². The number of thiophene rings is 1. The van der Waals surface area contributed by atoms with Gasteiger partial charge < -0.3 is 9.30 Å². The number of nitrogens with zero attached hydrogens (tertiary/aromatic N) is 2. The molecule has 0 N–H and O–H groups in total. The number of carbonyl (C=O) groups excluding carboxylic acids is 1. The molecule has 104 valence electrons. The smallest absolute Gasteiger partial charge is 0.330 e. The predicted octanol–water partition coefficient (Wildman–Crippen LogP) is 2.58. The first-order chi connectivity index (χ1) is 9.74. The average Bonchev–Trinajstić information content (AvgIpc) is 3.07. The number of aryl methyl sites for hydroxylation is 1. The SMILES string of the molecule is COC(=O)C=C1CCc2cc(Cn3ccnc3)sc2C1. The van der Waals surface area contributed by atoms with Gasteiger partial charge in [-0.2, -0.15) is 0 Å². The summed E-state index contributed by atoms with van der Waals surface area (Å²) in [6, 6.07) is 2.29. The van der Waals surface area contributed by atoms with Crippen molar-refractivity contribution in [3.63, 3.8) is 0 Å². The molecule has 2 aromatic heterocycles. The standard InChI is InChI=1S/C15H16N2O2S/c1-19-15(18)7-11-2-3-12-8-13(20-14(12)6-11)9-17-5-4-16-10-17/h4-5,7-8,10H,2-3,6,9H2,1H3. The molecule has 0 amide bonds. The summed E-state index contributed by atoms with van der Waals surface area (Å²) in [5.74, 6) is -0.251. The quantitative estimate of drug-likeness (QED) is 0.644. The Morgan fingerprint density at radius 2 is 2.45 bits per heavy atom. The number of aromatic nitrogens is 2. The van der Waals surface area contributed by atoms with Crippen molar-refractivity contribution in [2.24, 2.45) is 0 Å². The summed E-state index contributed by atoms with van der Waals surface area (Å²) in [5.41, 5.74) is 2.59. The second-order valence-electron chi connectivity index (χ2n) is 4.90. The highest BCUT2D eigenvalue weighted by atomic mass is 32.1. The minimum Gasteiger partial charge on any atom is -0.466 e. The maximum absolute atomic E-state index is 11.3. The van der Waals surface area contributed by atoms with Crippen LogP contribution in [0, 0.1) is 0 Å². The Morgan fingerprint density at radius 1 is 1.55 bits per heavy atom. The molecule has 5 heteroatoms. The molecule has 2 aromatic rings. The largest absolute Gasteiger partial charge is 0.466 e. The van der Waals surface area contributed by atoms with E-state index in [0.717, 1.165) is 25.8 Å². The molecule has 1 aliphatic carbocycles. The van der Waals surface area contributed by atoms with Crippen molar-refractivity contribution in [2.75, 3.05) is 7.11 Å². The molecule has 0 spiro atoms. The van der Waals surface area contributed by atoms with Crippen LogP contribution in [0.4, 0.5) is 0 Å².